The van der Waals surface area contributed by atoms with Crippen LogP contribution in [0, 0.1) is 6.92 Å². The Balaban J connectivity index is 1.99. The van der Waals surface area contributed by atoms with Crippen LogP contribution in [0.15, 0.2) is 36.5 Å². The second-order valence-corrected chi connectivity index (χ2v) is 8.38. The van der Waals surface area contributed by atoms with Gasteiger partial charge in [-0.05, 0) is 42.3 Å². The molecule has 0 spiro atoms. The third-order valence-corrected chi connectivity index (χ3v) is 5.84. The van der Waals surface area contributed by atoms with Crippen LogP contribution in [0.4, 0.5) is 26.3 Å². The van der Waals surface area contributed by atoms with Gasteiger partial charge in [0.15, 0.2) is 0 Å². The summed E-state index contributed by atoms with van der Waals surface area (Å²) in [5.74, 6) is 0. The van der Waals surface area contributed by atoms with Crippen LogP contribution in [-0.2, 0) is 12.8 Å². The van der Waals surface area contributed by atoms with E-state index in [9.17, 15) is 26.3 Å². The normalized spacial score (nSPS) is 12.6. The minimum Gasteiger partial charge on any atom is -0.244 e. The Hall–Kier alpha value is -1.87. The fourth-order valence-corrected chi connectivity index (χ4v) is 4.49. The molecule has 3 aromatic rings. The van der Waals surface area contributed by atoms with Crippen LogP contribution in [0.3, 0.4) is 0 Å². The number of aromatic nitrogens is 1. The molecule has 27 heavy (non-hydrogen) atoms. The number of thiazole rings is 1. The number of hydrogen-bond donors (Lipinski definition) is 0. The van der Waals surface area contributed by atoms with Crippen molar-refractivity contribution >= 4 is 22.7 Å². The maximum absolute atomic E-state index is 12.7. The third kappa shape index (κ3) is 5.55. The number of hydrogen-bond acceptors (Lipinski definition) is 3. The Bertz CT molecular complexity index is 902. The van der Waals surface area contributed by atoms with E-state index in [4.69, 9.17) is 0 Å². The molecule has 144 valence electrons. The summed E-state index contributed by atoms with van der Waals surface area (Å²) in [6.45, 7) is 1.94. The lowest BCUT2D eigenvalue weighted by Gasteiger charge is -2.12. The van der Waals surface area contributed by atoms with Crippen LogP contribution in [0.2, 0.25) is 0 Å². The van der Waals surface area contributed by atoms with Crippen LogP contribution >= 0.6 is 22.7 Å². The minimum absolute atomic E-state index is 0.206. The van der Waals surface area contributed by atoms with E-state index in [2.05, 4.69) is 4.98 Å². The molecule has 0 atom stereocenters. The fourth-order valence-electron chi connectivity index (χ4n) is 2.64. The zero-order valence-corrected chi connectivity index (χ0v) is 15.5. The maximum atomic E-state index is 12.7. The summed E-state index contributed by atoms with van der Waals surface area (Å²) in [5, 5.41) is 0.392. The number of thiophene rings is 1. The molecule has 0 fully saturated rings. The lowest BCUT2D eigenvalue weighted by atomic mass is 10.0. The molecule has 0 saturated heterocycles. The summed E-state index contributed by atoms with van der Waals surface area (Å²) in [7, 11) is 0. The Kier molecular flexibility index (Phi) is 5.36. The standard InChI is InChI=1S/C18H13F6NS2/c1-10-2-3-14(26-10)15-9-25-16(27-15)13-5-11(7-17(19,20)21)4-12(6-13)8-18(22,23)24/h2-6,9H,7-8H2,1H3. The Morgan fingerprint density at radius 3 is 1.89 bits per heavy atom. The first-order valence-electron chi connectivity index (χ1n) is 7.78. The predicted molar refractivity (Wildman–Crippen MR) is 95.1 cm³/mol. The molecule has 0 aliphatic rings. The molecule has 0 N–H and O–H groups in total. The third-order valence-electron chi connectivity index (χ3n) is 3.60. The zero-order chi connectivity index (χ0) is 19.8. The number of aryl methyl sites for hydroxylation is 1. The van der Waals surface area contributed by atoms with Gasteiger partial charge in [0, 0.05) is 21.5 Å². The van der Waals surface area contributed by atoms with Crippen LogP contribution in [0.5, 0.6) is 0 Å². The Morgan fingerprint density at radius 1 is 0.815 bits per heavy atom. The molecule has 2 aromatic heterocycles. The van der Waals surface area contributed by atoms with E-state index < -0.39 is 25.2 Å². The van der Waals surface area contributed by atoms with Crippen molar-refractivity contribution in [1.82, 2.24) is 4.98 Å². The second-order valence-electron chi connectivity index (χ2n) is 6.06. The van der Waals surface area contributed by atoms with Gasteiger partial charge in [0.2, 0.25) is 0 Å². The highest BCUT2D eigenvalue weighted by Crippen LogP contribution is 2.37. The van der Waals surface area contributed by atoms with Crippen LogP contribution in [0.1, 0.15) is 16.0 Å². The summed E-state index contributed by atoms with van der Waals surface area (Å²) in [6.07, 6.45) is -9.99. The molecule has 3 rings (SSSR count). The second kappa shape index (κ2) is 7.27. The smallest absolute Gasteiger partial charge is 0.244 e. The topological polar surface area (TPSA) is 12.9 Å². The highest BCUT2D eigenvalue weighted by molar-refractivity contribution is 7.23. The van der Waals surface area contributed by atoms with Crippen molar-refractivity contribution in [3.8, 4) is 20.3 Å². The van der Waals surface area contributed by atoms with Gasteiger partial charge in [-0.15, -0.1) is 22.7 Å². The highest BCUT2D eigenvalue weighted by Gasteiger charge is 2.31. The van der Waals surface area contributed by atoms with Gasteiger partial charge >= 0.3 is 12.4 Å². The summed E-state index contributed by atoms with van der Waals surface area (Å²) in [5.41, 5.74) is -0.147. The van der Waals surface area contributed by atoms with E-state index in [1.807, 2.05) is 19.1 Å². The molecule has 1 nitrogen and oxygen atoms in total. The lowest BCUT2D eigenvalue weighted by Crippen LogP contribution is -2.14. The molecule has 1 aromatic carbocycles. The first kappa shape index (κ1) is 19.9. The Labute approximate surface area is 159 Å². The first-order valence-corrected chi connectivity index (χ1v) is 9.41. The molecule has 0 aliphatic heterocycles. The molecular weight excluding hydrogens is 408 g/mol. The number of halogens is 6. The van der Waals surface area contributed by atoms with Gasteiger partial charge in [0.05, 0.1) is 17.7 Å². The predicted octanol–water partition coefficient (Wildman–Crippen LogP) is 7.06. The summed E-state index contributed by atoms with van der Waals surface area (Å²) >= 11 is 2.79. The van der Waals surface area contributed by atoms with Crippen molar-refractivity contribution in [2.45, 2.75) is 32.1 Å². The lowest BCUT2D eigenvalue weighted by molar-refractivity contribution is -0.127. The molecule has 9 heteroatoms. The summed E-state index contributed by atoms with van der Waals surface area (Å²) in [4.78, 5) is 7.08. The van der Waals surface area contributed by atoms with E-state index in [0.717, 1.165) is 20.7 Å². The number of nitrogens with zero attached hydrogens (tertiary/aromatic N) is 1. The van der Waals surface area contributed by atoms with Gasteiger partial charge in [-0.25, -0.2) is 4.98 Å². The van der Waals surface area contributed by atoms with Crippen LogP contribution in [0.25, 0.3) is 20.3 Å². The van der Waals surface area contributed by atoms with Gasteiger partial charge < -0.3 is 0 Å². The molecule has 0 bridgehead atoms. The van der Waals surface area contributed by atoms with E-state index in [1.54, 1.807) is 17.5 Å². The van der Waals surface area contributed by atoms with Crippen molar-refractivity contribution in [2.24, 2.45) is 0 Å². The van der Waals surface area contributed by atoms with Crippen LogP contribution < -0.4 is 0 Å². The number of rotatable bonds is 4. The first-order chi connectivity index (χ1) is 12.5. The molecule has 2 heterocycles. The monoisotopic (exact) mass is 421 g/mol. The molecule has 0 saturated carbocycles. The minimum atomic E-state index is -4.50. The Morgan fingerprint density at radius 2 is 1.41 bits per heavy atom. The van der Waals surface area contributed by atoms with Crippen molar-refractivity contribution in [3.63, 3.8) is 0 Å². The molecule has 0 unspecified atom stereocenters. The van der Waals surface area contributed by atoms with E-state index in [0.29, 0.717) is 5.01 Å². The zero-order valence-electron chi connectivity index (χ0n) is 13.9. The van der Waals surface area contributed by atoms with Gasteiger partial charge in [-0.3, -0.25) is 0 Å². The number of benzene rings is 1. The summed E-state index contributed by atoms with van der Waals surface area (Å²) in [6, 6.07) is 7.32. The largest absolute Gasteiger partial charge is 0.393 e. The average molecular weight is 421 g/mol. The maximum Gasteiger partial charge on any atom is 0.393 e. The van der Waals surface area contributed by atoms with Gasteiger partial charge in [-0.2, -0.15) is 26.3 Å². The van der Waals surface area contributed by atoms with Crippen LogP contribution in [-0.4, -0.2) is 17.3 Å². The quantitative estimate of drug-likeness (QED) is 0.411. The van der Waals surface area contributed by atoms with Crippen molar-refractivity contribution in [3.05, 3.63) is 52.5 Å². The van der Waals surface area contributed by atoms with Gasteiger partial charge in [0.25, 0.3) is 0 Å². The van der Waals surface area contributed by atoms with Crippen molar-refractivity contribution in [1.29, 1.82) is 0 Å². The van der Waals surface area contributed by atoms with E-state index in [-0.39, 0.29) is 16.7 Å². The van der Waals surface area contributed by atoms with E-state index in [1.165, 1.54) is 23.5 Å². The van der Waals surface area contributed by atoms with E-state index >= 15 is 0 Å². The SMILES string of the molecule is Cc1ccc(-c2cnc(-c3cc(CC(F)(F)F)cc(CC(F)(F)F)c3)s2)s1. The molecule has 0 radical (unpaired) electrons. The van der Waals surface area contributed by atoms with Gasteiger partial charge in [0.1, 0.15) is 5.01 Å². The number of alkyl halides is 6. The van der Waals surface area contributed by atoms with Crippen molar-refractivity contribution in [2.75, 3.05) is 0 Å². The molecule has 0 amide bonds. The fraction of sp³-hybridized carbons (Fsp3) is 0.278. The highest BCUT2D eigenvalue weighted by atomic mass is 32.1. The van der Waals surface area contributed by atoms with Crippen molar-refractivity contribution < 1.29 is 26.3 Å². The summed E-state index contributed by atoms with van der Waals surface area (Å²) < 4.78 is 76.4. The average Bonchev–Trinajstić information content (AvgIpc) is 3.11. The molecule has 0 aliphatic carbocycles. The van der Waals surface area contributed by atoms with Gasteiger partial charge in [-0.1, -0.05) is 6.07 Å². The molecular formula is C18H13F6NS2.